The van der Waals surface area contributed by atoms with E-state index in [9.17, 15) is 9.59 Å². The number of amides is 2. The number of hydrazone groups is 1. The summed E-state index contributed by atoms with van der Waals surface area (Å²) in [5.74, 6) is 0.373. The van der Waals surface area contributed by atoms with E-state index in [0.717, 1.165) is 0 Å². The third kappa shape index (κ3) is 5.70. The molecule has 7 heteroatoms. The quantitative estimate of drug-likeness (QED) is 0.435. The van der Waals surface area contributed by atoms with Crippen LogP contribution in [0.2, 0.25) is 0 Å². The van der Waals surface area contributed by atoms with Crippen molar-refractivity contribution < 1.29 is 19.1 Å². The minimum Gasteiger partial charge on any atom is -0.497 e. The summed E-state index contributed by atoms with van der Waals surface area (Å²) in [6.07, 6.45) is 1.46. The van der Waals surface area contributed by atoms with Crippen LogP contribution in [-0.4, -0.2) is 32.2 Å². The number of nitrogens with zero attached hydrogens (tertiary/aromatic N) is 1. The molecule has 0 aliphatic rings. The van der Waals surface area contributed by atoms with Crippen LogP contribution in [0, 0.1) is 0 Å². The highest BCUT2D eigenvalue weighted by atomic mass is 16.5. The third-order valence-electron chi connectivity index (χ3n) is 4.52. The summed E-state index contributed by atoms with van der Waals surface area (Å²) in [7, 11) is 3.10. The summed E-state index contributed by atoms with van der Waals surface area (Å²) in [5.41, 5.74) is 4.22. The van der Waals surface area contributed by atoms with Gasteiger partial charge in [-0.1, -0.05) is 48.5 Å². The second-order valence-corrected chi connectivity index (χ2v) is 6.53. The van der Waals surface area contributed by atoms with E-state index in [2.05, 4.69) is 15.8 Å². The molecule has 0 fully saturated rings. The summed E-state index contributed by atoms with van der Waals surface area (Å²) in [4.78, 5) is 25.5. The van der Waals surface area contributed by atoms with Crippen LogP contribution < -0.4 is 20.2 Å². The van der Waals surface area contributed by atoms with Crippen LogP contribution in [0.25, 0.3) is 0 Å². The fourth-order valence-electron chi connectivity index (χ4n) is 2.92. The Labute approximate surface area is 180 Å². The van der Waals surface area contributed by atoms with Gasteiger partial charge in [0.1, 0.15) is 17.5 Å². The second-order valence-electron chi connectivity index (χ2n) is 6.53. The highest BCUT2D eigenvalue weighted by Gasteiger charge is 2.23. The second kappa shape index (κ2) is 10.6. The SMILES string of the molecule is COc1ccc(OC)c(/C=N\NC(=O)[C@@H](NC(=O)c2ccccc2)c2ccccc2)c1. The van der Waals surface area contributed by atoms with E-state index in [1.807, 2.05) is 12.1 Å². The molecule has 0 aromatic heterocycles. The molecule has 0 unspecified atom stereocenters. The van der Waals surface area contributed by atoms with Crippen LogP contribution in [0.5, 0.6) is 11.5 Å². The molecule has 3 aromatic carbocycles. The summed E-state index contributed by atoms with van der Waals surface area (Å²) in [6, 6.07) is 22.0. The fourth-order valence-corrected chi connectivity index (χ4v) is 2.92. The van der Waals surface area contributed by atoms with Gasteiger partial charge in [-0.05, 0) is 35.9 Å². The minimum absolute atomic E-state index is 0.358. The zero-order chi connectivity index (χ0) is 22.1. The first kappa shape index (κ1) is 21.6. The van der Waals surface area contributed by atoms with Crippen LogP contribution in [0.1, 0.15) is 27.5 Å². The maximum Gasteiger partial charge on any atom is 0.267 e. The number of ether oxygens (including phenoxy) is 2. The molecule has 0 saturated carbocycles. The van der Waals surface area contributed by atoms with Crippen LogP contribution in [-0.2, 0) is 4.79 Å². The number of hydrogen-bond donors (Lipinski definition) is 2. The van der Waals surface area contributed by atoms with Crippen molar-refractivity contribution in [2.24, 2.45) is 5.10 Å². The van der Waals surface area contributed by atoms with Gasteiger partial charge in [0.05, 0.1) is 20.4 Å². The van der Waals surface area contributed by atoms with E-state index in [4.69, 9.17) is 9.47 Å². The number of carbonyl (C=O) groups excluding carboxylic acids is 2. The maximum absolute atomic E-state index is 12.9. The van der Waals surface area contributed by atoms with Crippen molar-refractivity contribution in [3.05, 3.63) is 95.6 Å². The smallest absolute Gasteiger partial charge is 0.267 e. The van der Waals surface area contributed by atoms with E-state index < -0.39 is 11.9 Å². The number of methoxy groups -OCH3 is 2. The Hall–Kier alpha value is -4.13. The Morgan fingerprint density at radius 1 is 0.903 bits per heavy atom. The molecule has 0 aliphatic heterocycles. The summed E-state index contributed by atoms with van der Waals surface area (Å²) < 4.78 is 10.5. The topological polar surface area (TPSA) is 89.0 Å². The van der Waals surface area contributed by atoms with Gasteiger partial charge < -0.3 is 14.8 Å². The Balaban J connectivity index is 1.78. The summed E-state index contributed by atoms with van der Waals surface area (Å²) in [6.45, 7) is 0. The molecule has 2 amide bonds. The van der Waals surface area contributed by atoms with E-state index in [1.54, 1.807) is 80.9 Å². The predicted octanol–water partition coefficient (Wildman–Crippen LogP) is 3.33. The van der Waals surface area contributed by atoms with E-state index >= 15 is 0 Å². The first-order valence-electron chi connectivity index (χ1n) is 9.58. The Kier molecular flexibility index (Phi) is 7.37. The van der Waals surface area contributed by atoms with Gasteiger partial charge in [-0.15, -0.1) is 0 Å². The highest BCUT2D eigenvalue weighted by Crippen LogP contribution is 2.22. The van der Waals surface area contributed by atoms with Gasteiger partial charge in [0, 0.05) is 11.1 Å². The van der Waals surface area contributed by atoms with Crippen LogP contribution in [0.15, 0.2) is 84.0 Å². The third-order valence-corrected chi connectivity index (χ3v) is 4.52. The van der Waals surface area contributed by atoms with Gasteiger partial charge in [-0.3, -0.25) is 9.59 Å². The van der Waals surface area contributed by atoms with E-state index in [1.165, 1.54) is 6.21 Å². The first-order valence-corrected chi connectivity index (χ1v) is 9.58. The lowest BCUT2D eigenvalue weighted by Crippen LogP contribution is -2.38. The Bertz CT molecular complexity index is 1050. The standard InChI is InChI=1S/C24H23N3O4/c1-30-20-13-14-21(31-2)19(15-20)16-25-27-24(29)22(17-9-5-3-6-10-17)26-23(28)18-11-7-4-8-12-18/h3-16,22H,1-2H3,(H,26,28)(H,27,29)/b25-16-/t22-/m0/s1. The Morgan fingerprint density at radius 3 is 2.23 bits per heavy atom. The van der Waals surface area contributed by atoms with E-state index in [-0.39, 0.29) is 5.91 Å². The normalized spacial score (nSPS) is 11.5. The lowest BCUT2D eigenvalue weighted by molar-refractivity contribution is -0.123. The molecule has 0 saturated heterocycles. The molecule has 158 valence electrons. The van der Waals surface area contributed by atoms with Crippen molar-refractivity contribution in [2.45, 2.75) is 6.04 Å². The monoisotopic (exact) mass is 417 g/mol. The molecule has 3 rings (SSSR count). The van der Waals surface area contributed by atoms with Crippen molar-refractivity contribution in [1.29, 1.82) is 0 Å². The zero-order valence-corrected chi connectivity index (χ0v) is 17.2. The van der Waals surface area contributed by atoms with Crippen LogP contribution in [0.4, 0.5) is 0 Å². The molecular formula is C24H23N3O4. The molecule has 0 bridgehead atoms. The number of benzene rings is 3. The lowest BCUT2D eigenvalue weighted by atomic mass is 10.1. The maximum atomic E-state index is 12.9. The van der Waals surface area contributed by atoms with Crippen molar-refractivity contribution in [2.75, 3.05) is 14.2 Å². The molecule has 3 aromatic rings. The van der Waals surface area contributed by atoms with Crippen LogP contribution in [0.3, 0.4) is 0 Å². The number of carbonyl (C=O) groups is 2. The predicted molar refractivity (Wildman–Crippen MR) is 118 cm³/mol. The molecule has 0 spiro atoms. The molecule has 0 heterocycles. The molecule has 0 radical (unpaired) electrons. The van der Waals surface area contributed by atoms with Crippen molar-refractivity contribution >= 4 is 18.0 Å². The average Bonchev–Trinajstić information content (AvgIpc) is 2.83. The average molecular weight is 417 g/mol. The van der Waals surface area contributed by atoms with Crippen molar-refractivity contribution in [3.63, 3.8) is 0 Å². The molecule has 0 aliphatic carbocycles. The number of rotatable bonds is 8. The van der Waals surface area contributed by atoms with Gasteiger partial charge >= 0.3 is 0 Å². The van der Waals surface area contributed by atoms with Gasteiger partial charge in [0.2, 0.25) is 0 Å². The zero-order valence-electron chi connectivity index (χ0n) is 17.2. The minimum atomic E-state index is -0.918. The number of hydrogen-bond acceptors (Lipinski definition) is 5. The van der Waals surface area contributed by atoms with Crippen LogP contribution >= 0.6 is 0 Å². The molecule has 7 nitrogen and oxygen atoms in total. The molecule has 2 N–H and O–H groups in total. The lowest BCUT2D eigenvalue weighted by Gasteiger charge is -2.17. The summed E-state index contributed by atoms with van der Waals surface area (Å²) in [5, 5.41) is 6.81. The molecule has 1 atom stereocenters. The molecular weight excluding hydrogens is 394 g/mol. The number of nitrogens with one attached hydrogen (secondary N) is 2. The van der Waals surface area contributed by atoms with Crippen molar-refractivity contribution in [3.8, 4) is 11.5 Å². The first-order chi connectivity index (χ1) is 15.1. The fraction of sp³-hybridized carbons (Fsp3) is 0.125. The largest absolute Gasteiger partial charge is 0.497 e. The van der Waals surface area contributed by atoms with E-state index in [0.29, 0.717) is 28.2 Å². The van der Waals surface area contributed by atoms with Gasteiger partial charge in [0.15, 0.2) is 0 Å². The van der Waals surface area contributed by atoms with Crippen molar-refractivity contribution in [1.82, 2.24) is 10.7 Å². The summed E-state index contributed by atoms with van der Waals surface area (Å²) >= 11 is 0. The Morgan fingerprint density at radius 2 is 1.58 bits per heavy atom. The van der Waals surface area contributed by atoms with Gasteiger partial charge in [-0.25, -0.2) is 5.43 Å². The van der Waals surface area contributed by atoms with Gasteiger partial charge in [-0.2, -0.15) is 5.10 Å². The van der Waals surface area contributed by atoms with Gasteiger partial charge in [0.25, 0.3) is 11.8 Å². The highest BCUT2D eigenvalue weighted by molar-refractivity contribution is 5.98. The molecule has 31 heavy (non-hydrogen) atoms.